The van der Waals surface area contributed by atoms with Gasteiger partial charge in [0, 0.05) is 10.7 Å². The Labute approximate surface area is 148 Å². The molecule has 3 aromatic rings. The molecule has 3 aromatic carbocycles. The van der Waals surface area contributed by atoms with Gasteiger partial charge in [-0.3, -0.25) is 4.79 Å². The molecule has 0 aliphatic carbocycles. The SMILES string of the molecule is O=C(COC(=O)c1cc2ccccc2cc1O)Nc1ccc(Cl)cc1. The zero-order valence-corrected chi connectivity index (χ0v) is 13.8. The van der Waals surface area contributed by atoms with Gasteiger partial charge in [-0.1, -0.05) is 35.9 Å². The molecule has 0 atom stereocenters. The summed E-state index contributed by atoms with van der Waals surface area (Å²) >= 11 is 5.77. The third-order valence-corrected chi connectivity index (χ3v) is 3.80. The van der Waals surface area contributed by atoms with E-state index in [4.69, 9.17) is 16.3 Å². The van der Waals surface area contributed by atoms with Gasteiger partial charge in [-0.15, -0.1) is 0 Å². The van der Waals surface area contributed by atoms with Crippen LogP contribution in [0, 0.1) is 0 Å². The van der Waals surface area contributed by atoms with E-state index >= 15 is 0 Å². The number of esters is 1. The summed E-state index contributed by atoms with van der Waals surface area (Å²) in [5.74, 6) is -1.45. The van der Waals surface area contributed by atoms with Gasteiger partial charge in [0.1, 0.15) is 11.3 Å². The van der Waals surface area contributed by atoms with Gasteiger partial charge in [-0.05, 0) is 47.2 Å². The lowest BCUT2D eigenvalue weighted by Crippen LogP contribution is -2.20. The fraction of sp³-hybridized carbons (Fsp3) is 0.0526. The standard InChI is InChI=1S/C19H14ClNO4/c20-14-5-7-15(8-6-14)21-18(23)11-25-19(24)16-9-12-3-1-2-4-13(12)10-17(16)22/h1-10,22H,11H2,(H,21,23). The predicted molar refractivity (Wildman–Crippen MR) is 96.0 cm³/mol. The molecule has 0 heterocycles. The van der Waals surface area contributed by atoms with Crippen molar-refractivity contribution in [1.82, 2.24) is 0 Å². The van der Waals surface area contributed by atoms with Crippen LogP contribution in [-0.4, -0.2) is 23.6 Å². The lowest BCUT2D eigenvalue weighted by molar-refractivity contribution is -0.119. The number of phenols is 1. The first-order valence-corrected chi connectivity index (χ1v) is 7.85. The molecule has 0 saturated carbocycles. The van der Waals surface area contributed by atoms with Gasteiger partial charge in [0.15, 0.2) is 6.61 Å². The van der Waals surface area contributed by atoms with Crippen molar-refractivity contribution in [2.75, 3.05) is 11.9 Å². The zero-order valence-electron chi connectivity index (χ0n) is 13.0. The monoisotopic (exact) mass is 355 g/mol. The second-order valence-corrected chi connectivity index (χ2v) is 5.78. The number of anilines is 1. The third-order valence-electron chi connectivity index (χ3n) is 3.55. The molecule has 3 rings (SSSR count). The van der Waals surface area contributed by atoms with Gasteiger partial charge in [-0.25, -0.2) is 4.79 Å². The van der Waals surface area contributed by atoms with Crippen LogP contribution in [0.4, 0.5) is 5.69 Å². The second-order valence-electron chi connectivity index (χ2n) is 5.35. The van der Waals surface area contributed by atoms with Crippen LogP contribution in [0.2, 0.25) is 5.02 Å². The van der Waals surface area contributed by atoms with Crippen LogP contribution >= 0.6 is 11.6 Å². The van der Waals surface area contributed by atoms with Gasteiger partial charge >= 0.3 is 5.97 Å². The molecule has 1 amide bonds. The lowest BCUT2D eigenvalue weighted by Gasteiger charge is -2.09. The van der Waals surface area contributed by atoms with E-state index < -0.39 is 18.5 Å². The quantitative estimate of drug-likeness (QED) is 0.694. The van der Waals surface area contributed by atoms with Gasteiger partial charge < -0.3 is 15.2 Å². The number of ether oxygens (including phenoxy) is 1. The average molecular weight is 356 g/mol. The molecule has 0 radical (unpaired) electrons. The molecule has 0 aliphatic rings. The van der Waals surface area contributed by atoms with Gasteiger partial charge in [-0.2, -0.15) is 0 Å². The number of hydrogen-bond donors (Lipinski definition) is 2. The molecule has 2 N–H and O–H groups in total. The van der Waals surface area contributed by atoms with E-state index in [9.17, 15) is 14.7 Å². The Morgan fingerprint density at radius 1 is 1.00 bits per heavy atom. The summed E-state index contributed by atoms with van der Waals surface area (Å²) in [6, 6.07) is 16.9. The van der Waals surface area contributed by atoms with Crippen molar-refractivity contribution in [3.05, 3.63) is 71.2 Å². The molecule has 0 aliphatic heterocycles. The lowest BCUT2D eigenvalue weighted by atomic mass is 10.1. The van der Waals surface area contributed by atoms with Crippen molar-refractivity contribution in [2.45, 2.75) is 0 Å². The Kier molecular flexibility index (Phi) is 4.86. The molecule has 0 spiro atoms. The zero-order chi connectivity index (χ0) is 17.8. The van der Waals surface area contributed by atoms with Crippen LogP contribution in [0.3, 0.4) is 0 Å². The van der Waals surface area contributed by atoms with Crippen LogP contribution < -0.4 is 5.32 Å². The maximum atomic E-state index is 12.1. The summed E-state index contributed by atoms with van der Waals surface area (Å²) < 4.78 is 4.98. The molecular weight excluding hydrogens is 342 g/mol. The first-order valence-electron chi connectivity index (χ1n) is 7.47. The molecule has 0 aromatic heterocycles. The van der Waals surface area contributed by atoms with E-state index in [-0.39, 0.29) is 11.3 Å². The van der Waals surface area contributed by atoms with E-state index in [1.54, 1.807) is 24.3 Å². The van der Waals surface area contributed by atoms with E-state index in [2.05, 4.69) is 5.32 Å². The van der Waals surface area contributed by atoms with Crippen LogP contribution in [0.15, 0.2) is 60.7 Å². The summed E-state index contributed by atoms with van der Waals surface area (Å²) in [5.41, 5.74) is 0.553. The van der Waals surface area contributed by atoms with E-state index in [1.165, 1.54) is 12.1 Å². The number of hydrogen-bond acceptors (Lipinski definition) is 4. The number of amides is 1. The molecular formula is C19H14ClNO4. The van der Waals surface area contributed by atoms with Crippen molar-refractivity contribution in [3.63, 3.8) is 0 Å². The van der Waals surface area contributed by atoms with Crippen molar-refractivity contribution >= 4 is 39.9 Å². The minimum absolute atomic E-state index is 0.0120. The highest BCUT2D eigenvalue weighted by Crippen LogP contribution is 2.25. The number of aromatic hydroxyl groups is 1. The van der Waals surface area contributed by atoms with Crippen LogP contribution in [-0.2, 0) is 9.53 Å². The molecule has 0 fully saturated rings. The molecule has 5 nitrogen and oxygen atoms in total. The minimum Gasteiger partial charge on any atom is -0.507 e. The number of rotatable bonds is 4. The Hall–Kier alpha value is -3.05. The molecule has 6 heteroatoms. The van der Waals surface area contributed by atoms with E-state index in [0.717, 1.165) is 10.8 Å². The maximum Gasteiger partial charge on any atom is 0.342 e. The summed E-state index contributed by atoms with van der Waals surface area (Å²) in [6.45, 7) is -0.465. The summed E-state index contributed by atoms with van der Waals surface area (Å²) in [4.78, 5) is 24.0. The first kappa shape index (κ1) is 16.8. The highest BCUT2D eigenvalue weighted by atomic mass is 35.5. The summed E-state index contributed by atoms with van der Waals surface area (Å²) in [7, 11) is 0. The first-order chi connectivity index (χ1) is 12.0. The summed E-state index contributed by atoms with van der Waals surface area (Å²) in [5, 5.41) is 14.7. The van der Waals surface area contributed by atoms with Crippen LogP contribution in [0.5, 0.6) is 5.75 Å². The smallest absolute Gasteiger partial charge is 0.342 e. The Morgan fingerprint density at radius 2 is 1.64 bits per heavy atom. The number of phenolic OH excluding ortho intramolecular Hbond substituents is 1. The van der Waals surface area contributed by atoms with Crippen molar-refractivity contribution in [1.29, 1.82) is 0 Å². The Morgan fingerprint density at radius 3 is 2.32 bits per heavy atom. The maximum absolute atomic E-state index is 12.1. The predicted octanol–water partition coefficient (Wildman–Crippen LogP) is 3.99. The van der Waals surface area contributed by atoms with Crippen molar-refractivity contribution in [2.24, 2.45) is 0 Å². The van der Waals surface area contributed by atoms with Gasteiger partial charge in [0.05, 0.1) is 0 Å². The van der Waals surface area contributed by atoms with Crippen molar-refractivity contribution < 1.29 is 19.4 Å². The largest absolute Gasteiger partial charge is 0.507 e. The van der Waals surface area contributed by atoms with E-state index in [0.29, 0.717) is 10.7 Å². The summed E-state index contributed by atoms with van der Waals surface area (Å²) in [6.07, 6.45) is 0. The van der Waals surface area contributed by atoms with Crippen molar-refractivity contribution in [3.8, 4) is 5.75 Å². The Bertz CT molecular complexity index is 938. The highest BCUT2D eigenvalue weighted by Gasteiger charge is 2.15. The number of halogens is 1. The normalized spacial score (nSPS) is 10.4. The highest BCUT2D eigenvalue weighted by molar-refractivity contribution is 6.30. The second kappa shape index (κ2) is 7.23. The fourth-order valence-corrected chi connectivity index (χ4v) is 2.46. The van der Waals surface area contributed by atoms with E-state index in [1.807, 2.05) is 24.3 Å². The fourth-order valence-electron chi connectivity index (χ4n) is 2.33. The molecule has 0 unspecified atom stereocenters. The van der Waals surface area contributed by atoms with Gasteiger partial charge in [0.25, 0.3) is 5.91 Å². The number of carbonyl (C=O) groups is 2. The number of nitrogens with one attached hydrogen (secondary N) is 1. The minimum atomic E-state index is -0.769. The third kappa shape index (κ3) is 4.08. The molecule has 25 heavy (non-hydrogen) atoms. The number of benzene rings is 3. The van der Waals surface area contributed by atoms with Crippen LogP contribution in [0.1, 0.15) is 10.4 Å². The molecule has 126 valence electrons. The average Bonchev–Trinajstić information content (AvgIpc) is 2.61. The Balaban J connectivity index is 1.65. The number of carbonyl (C=O) groups excluding carboxylic acids is 2. The van der Waals surface area contributed by atoms with Crippen LogP contribution in [0.25, 0.3) is 10.8 Å². The topological polar surface area (TPSA) is 75.6 Å². The number of fused-ring (bicyclic) bond motifs is 1. The molecule has 0 bridgehead atoms. The molecule has 0 saturated heterocycles. The van der Waals surface area contributed by atoms with Gasteiger partial charge in [0.2, 0.25) is 0 Å².